The van der Waals surface area contributed by atoms with Gasteiger partial charge in [-0.2, -0.15) is 0 Å². The van der Waals surface area contributed by atoms with E-state index in [9.17, 15) is 9.59 Å². The molecule has 5 nitrogen and oxygen atoms in total. The Morgan fingerprint density at radius 1 is 1.17 bits per heavy atom. The van der Waals surface area contributed by atoms with Gasteiger partial charge >= 0.3 is 5.97 Å². The summed E-state index contributed by atoms with van der Waals surface area (Å²) in [5, 5.41) is 8.84. The highest BCUT2D eigenvalue weighted by Gasteiger charge is 2.30. The minimum absolute atomic E-state index is 0.243. The zero-order valence-electron chi connectivity index (χ0n) is 14.7. The Kier molecular flexibility index (Phi) is 6.88. The maximum Gasteiger partial charge on any atom is 0.303 e. The van der Waals surface area contributed by atoms with Crippen LogP contribution in [0.25, 0.3) is 0 Å². The first-order valence-corrected chi connectivity index (χ1v) is 9.22. The molecule has 1 saturated carbocycles. The summed E-state index contributed by atoms with van der Waals surface area (Å²) in [6, 6.07) is 0.688. The highest BCUT2D eigenvalue weighted by Crippen LogP contribution is 2.26. The fraction of sp³-hybridized carbons (Fsp3) is 0.889. The van der Waals surface area contributed by atoms with Gasteiger partial charge in [0.1, 0.15) is 0 Å². The number of likely N-dealkylation sites (tertiary alicyclic amines) is 1. The third-order valence-electron chi connectivity index (χ3n) is 5.29. The molecular formula is C18H32N2O3. The summed E-state index contributed by atoms with van der Waals surface area (Å²) in [5.74, 6) is -0.0390. The Labute approximate surface area is 140 Å². The van der Waals surface area contributed by atoms with Crippen LogP contribution in [-0.2, 0) is 9.59 Å². The van der Waals surface area contributed by atoms with Crippen LogP contribution >= 0.6 is 0 Å². The SMILES string of the molecule is CC(C)N(C(=O)CN1CCCC(CCC(=O)O)C1)C1CCCC1. The number of carboxylic acids is 1. The summed E-state index contributed by atoms with van der Waals surface area (Å²) in [7, 11) is 0. The molecule has 1 unspecified atom stereocenters. The summed E-state index contributed by atoms with van der Waals surface area (Å²) in [4.78, 5) is 27.9. The summed E-state index contributed by atoms with van der Waals surface area (Å²) in [6.07, 6.45) is 7.90. The number of carboxylic acid groups (broad SMARTS) is 1. The van der Waals surface area contributed by atoms with Crippen LogP contribution in [0.5, 0.6) is 0 Å². The molecule has 0 bridgehead atoms. The van der Waals surface area contributed by atoms with E-state index in [4.69, 9.17) is 5.11 Å². The number of piperidine rings is 1. The van der Waals surface area contributed by atoms with Gasteiger partial charge < -0.3 is 10.0 Å². The molecule has 23 heavy (non-hydrogen) atoms. The summed E-state index contributed by atoms with van der Waals surface area (Å²) in [5.41, 5.74) is 0. The van der Waals surface area contributed by atoms with E-state index in [1.165, 1.54) is 12.8 Å². The first-order chi connectivity index (χ1) is 11.0. The molecule has 1 heterocycles. The van der Waals surface area contributed by atoms with Crippen molar-refractivity contribution in [1.29, 1.82) is 0 Å². The average Bonchev–Trinajstić information content (AvgIpc) is 2.99. The van der Waals surface area contributed by atoms with Gasteiger partial charge in [-0.25, -0.2) is 0 Å². The zero-order chi connectivity index (χ0) is 16.8. The summed E-state index contributed by atoms with van der Waals surface area (Å²) < 4.78 is 0. The molecule has 1 N–H and O–H groups in total. The van der Waals surface area contributed by atoms with E-state index in [1.807, 2.05) is 0 Å². The minimum atomic E-state index is -0.717. The maximum absolute atomic E-state index is 12.8. The fourth-order valence-corrected chi connectivity index (χ4v) is 4.23. The first-order valence-electron chi connectivity index (χ1n) is 9.22. The Hall–Kier alpha value is -1.10. The van der Waals surface area contributed by atoms with Crippen molar-refractivity contribution < 1.29 is 14.7 Å². The normalized spacial score (nSPS) is 23.3. The molecule has 1 aliphatic carbocycles. The molecule has 5 heteroatoms. The Balaban J connectivity index is 1.86. The number of nitrogens with zero attached hydrogens (tertiary/aromatic N) is 2. The molecule has 0 aromatic heterocycles. The van der Waals surface area contributed by atoms with E-state index in [2.05, 4.69) is 23.6 Å². The Bertz CT molecular complexity index is 405. The molecule has 132 valence electrons. The van der Waals surface area contributed by atoms with E-state index in [0.717, 1.165) is 45.2 Å². The molecular weight excluding hydrogens is 292 g/mol. The van der Waals surface area contributed by atoms with Crippen LogP contribution in [0.4, 0.5) is 0 Å². The highest BCUT2D eigenvalue weighted by molar-refractivity contribution is 5.79. The predicted octanol–water partition coefficient (Wildman–Crippen LogP) is 2.74. The lowest BCUT2D eigenvalue weighted by Gasteiger charge is -2.37. The van der Waals surface area contributed by atoms with Gasteiger partial charge in [-0.05, 0) is 58.4 Å². The number of hydrogen-bond acceptors (Lipinski definition) is 3. The van der Waals surface area contributed by atoms with Crippen molar-refractivity contribution in [3.05, 3.63) is 0 Å². The number of amides is 1. The van der Waals surface area contributed by atoms with Gasteiger partial charge in [0.2, 0.25) is 5.91 Å². The van der Waals surface area contributed by atoms with Crippen molar-refractivity contribution in [3.63, 3.8) is 0 Å². The average molecular weight is 324 g/mol. The smallest absolute Gasteiger partial charge is 0.303 e. The molecule has 0 spiro atoms. The number of aliphatic carboxylic acids is 1. The lowest BCUT2D eigenvalue weighted by Crippen LogP contribution is -2.49. The summed E-state index contributed by atoms with van der Waals surface area (Å²) in [6.45, 7) is 6.56. The number of carbonyl (C=O) groups excluding carboxylic acids is 1. The maximum atomic E-state index is 12.8. The van der Waals surface area contributed by atoms with E-state index >= 15 is 0 Å². The molecule has 1 amide bonds. The van der Waals surface area contributed by atoms with E-state index in [-0.39, 0.29) is 18.4 Å². The molecule has 1 atom stereocenters. The van der Waals surface area contributed by atoms with Crippen molar-refractivity contribution >= 4 is 11.9 Å². The molecule has 0 radical (unpaired) electrons. The van der Waals surface area contributed by atoms with Crippen LogP contribution < -0.4 is 0 Å². The lowest BCUT2D eigenvalue weighted by atomic mass is 9.93. The van der Waals surface area contributed by atoms with Gasteiger partial charge in [0.05, 0.1) is 6.54 Å². The minimum Gasteiger partial charge on any atom is -0.481 e. The second kappa shape index (κ2) is 8.67. The summed E-state index contributed by atoms with van der Waals surface area (Å²) >= 11 is 0. The second-order valence-electron chi connectivity index (χ2n) is 7.51. The largest absolute Gasteiger partial charge is 0.481 e. The van der Waals surface area contributed by atoms with Crippen LogP contribution in [0.1, 0.15) is 65.2 Å². The van der Waals surface area contributed by atoms with Gasteiger partial charge in [0.25, 0.3) is 0 Å². The first kappa shape index (κ1) is 18.2. The van der Waals surface area contributed by atoms with Crippen LogP contribution in [-0.4, -0.2) is 58.5 Å². The monoisotopic (exact) mass is 324 g/mol. The molecule has 1 saturated heterocycles. The second-order valence-corrected chi connectivity index (χ2v) is 7.51. The van der Waals surface area contributed by atoms with Crippen molar-refractivity contribution in [3.8, 4) is 0 Å². The van der Waals surface area contributed by atoms with Gasteiger partial charge in [0, 0.05) is 25.0 Å². The van der Waals surface area contributed by atoms with Gasteiger partial charge in [-0.3, -0.25) is 14.5 Å². The van der Waals surface area contributed by atoms with Crippen molar-refractivity contribution in [1.82, 2.24) is 9.80 Å². The van der Waals surface area contributed by atoms with E-state index < -0.39 is 5.97 Å². The van der Waals surface area contributed by atoms with Crippen LogP contribution in [0, 0.1) is 5.92 Å². The number of carbonyl (C=O) groups is 2. The Morgan fingerprint density at radius 3 is 2.48 bits per heavy atom. The zero-order valence-corrected chi connectivity index (χ0v) is 14.7. The molecule has 1 aliphatic heterocycles. The number of rotatable bonds is 7. The van der Waals surface area contributed by atoms with Crippen molar-refractivity contribution in [2.75, 3.05) is 19.6 Å². The molecule has 2 aliphatic rings. The van der Waals surface area contributed by atoms with Crippen LogP contribution in [0.15, 0.2) is 0 Å². The third-order valence-corrected chi connectivity index (χ3v) is 5.29. The van der Waals surface area contributed by atoms with Crippen molar-refractivity contribution in [2.24, 2.45) is 5.92 Å². The number of hydrogen-bond donors (Lipinski definition) is 1. The fourth-order valence-electron chi connectivity index (χ4n) is 4.23. The van der Waals surface area contributed by atoms with Crippen LogP contribution in [0.2, 0.25) is 0 Å². The van der Waals surface area contributed by atoms with E-state index in [1.54, 1.807) is 0 Å². The van der Waals surface area contributed by atoms with Crippen LogP contribution in [0.3, 0.4) is 0 Å². The Morgan fingerprint density at radius 2 is 1.87 bits per heavy atom. The van der Waals surface area contributed by atoms with Crippen molar-refractivity contribution in [2.45, 2.75) is 77.3 Å². The molecule has 2 rings (SSSR count). The third kappa shape index (κ3) is 5.48. The molecule has 0 aromatic rings. The van der Waals surface area contributed by atoms with Gasteiger partial charge in [-0.1, -0.05) is 12.8 Å². The molecule has 0 aromatic carbocycles. The standard InChI is InChI=1S/C18H32N2O3/c1-14(2)20(16-7-3-4-8-16)17(21)13-19-11-5-6-15(12-19)9-10-18(22)23/h14-16H,3-13H2,1-2H3,(H,22,23). The van der Waals surface area contributed by atoms with Gasteiger partial charge in [-0.15, -0.1) is 0 Å². The highest BCUT2D eigenvalue weighted by atomic mass is 16.4. The molecule has 2 fully saturated rings. The quantitative estimate of drug-likeness (QED) is 0.782. The van der Waals surface area contributed by atoms with E-state index in [0.29, 0.717) is 18.5 Å². The van der Waals surface area contributed by atoms with Gasteiger partial charge in [0.15, 0.2) is 0 Å². The predicted molar refractivity (Wildman–Crippen MR) is 90.3 cm³/mol. The topological polar surface area (TPSA) is 60.9 Å². The lowest BCUT2D eigenvalue weighted by molar-refractivity contribution is -0.139.